The highest BCUT2D eigenvalue weighted by Crippen LogP contribution is 2.36. The van der Waals surface area contributed by atoms with Crippen molar-refractivity contribution in [3.05, 3.63) is 41.1 Å². The number of aromatic nitrogens is 6. The summed E-state index contributed by atoms with van der Waals surface area (Å²) in [5.74, 6) is 0.569. The van der Waals surface area contributed by atoms with Crippen LogP contribution in [0.4, 0.5) is 4.39 Å². The lowest BCUT2D eigenvalue weighted by Crippen LogP contribution is -2.35. The molecule has 0 spiro atoms. The average Bonchev–Trinajstić information content (AvgIpc) is 3.56. The highest BCUT2D eigenvalue weighted by Gasteiger charge is 2.25. The van der Waals surface area contributed by atoms with Crippen molar-refractivity contribution in [2.45, 2.75) is 39.5 Å². The molecule has 37 heavy (non-hydrogen) atoms. The molecule has 10 nitrogen and oxygen atoms in total. The Labute approximate surface area is 214 Å². The van der Waals surface area contributed by atoms with Crippen LogP contribution in [0.25, 0.3) is 34.2 Å². The summed E-state index contributed by atoms with van der Waals surface area (Å²) in [4.78, 5) is 2.24. The minimum Gasteiger partial charge on any atom is -0.480 e. The normalized spacial score (nSPS) is 18.1. The van der Waals surface area contributed by atoms with Crippen molar-refractivity contribution >= 4 is 23.1 Å². The quantitative estimate of drug-likeness (QED) is 0.433. The monoisotopic (exact) mass is 509 g/mol. The van der Waals surface area contributed by atoms with E-state index in [9.17, 15) is 5.11 Å². The lowest BCUT2D eigenvalue weighted by Gasteiger charge is -2.26. The standard InChI is InChI=1S/C26H32FN7O3/c1-6-33-12-16(3)37-26-20(11-28-32(26)4)18-9-19-22(29-30-23(19)10-21(18)27)8-7-17-24(13-33)34(15(2)14-35)31-25(17)36-5/h7-11,15-16,35H,6,12-14H2,1-5H3,(H,29,30)/b8-7+/t15-,16+/m0/s1. The number of likely N-dealkylation sites (N-methyl/N-ethyl adjacent to an activating group) is 1. The van der Waals surface area contributed by atoms with Crippen LogP contribution in [0, 0.1) is 5.82 Å². The van der Waals surface area contributed by atoms with Crippen molar-refractivity contribution in [2.24, 2.45) is 7.05 Å². The maximum Gasteiger partial charge on any atom is 0.240 e. The maximum absolute atomic E-state index is 15.3. The third-order valence-electron chi connectivity index (χ3n) is 6.80. The number of nitrogens with zero attached hydrogens (tertiary/aromatic N) is 6. The Morgan fingerprint density at radius 1 is 1.30 bits per heavy atom. The molecule has 1 aliphatic rings. The summed E-state index contributed by atoms with van der Waals surface area (Å²) < 4.78 is 30.7. The second-order valence-corrected chi connectivity index (χ2v) is 9.41. The minimum atomic E-state index is -0.389. The molecule has 0 aliphatic carbocycles. The van der Waals surface area contributed by atoms with Gasteiger partial charge >= 0.3 is 0 Å². The van der Waals surface area contributed by atoms with Gasteiger partial charge in [0.25, 0.3) is 0 Å². The predicted molar refractivity (Wildman–Crippen MR) is 139 cm³/mol. The zero-order valence-corrected chi connectivity index (χ0v) is 21.7. The van der Waals surface area contributed by atoms with E-state index in [1.165, 1.54) is 6.07 Å². The number of nitrogens with one attached hydrogen (secondary N) is 1. The van der Waals surface area contributed by atoms with E-state index in [1.54, 1.807) is 31.1 Å². The van der Waals surface area contributed by atoms with Crippen LogP contribution in [0.1, 0.15) is 43.8 Å². The predicted octanol–water partition coefficient (Wildman–Crippen LogP) is 3.63. The van der Waals surface area contributed by atoms with Crippen molar-refractivity contribution in [2.75, 3.05) is 26.8 Å². The molecule has 4 heterocycles. The Morgan fingerprint density at radius 2 is 2.11 bits per heavy atom. The second-order valence-electron chi connectivity index (χ2n) is 9.41. The molecule has 0 saturated heterocycles. The third-order valence-corrected chi connectivity index (χ3v) is 6.80. The fourth-order valence-corrected chi connectivity index (χ4v) is 4.79. The molecule has 3 aromatic heterocycles. The van der Waals surface area contributed by atoms with Gasteiger partial charge in [-0.15, -0.1) is 5.10 Å². The first-order valence-corrected chi connectivity index (χ1v) is 12.4. The van der Waals surface area contributed by atoms with Crippen molar-refractivity contribution in [1.82, 2.24) is 34.7 Å². The van der Waals surface area contributed by atoms with E-state index in [-0.39, 0.29) is 24.6 Å². The number of rotatable bonds is 4. The second kappa shape index (κ2) is 9.98. The number of halogens is 1. The Bertz CT molecular complexity index is 1450. The molecular formula is C26H32FN7O3. The number of H-pyrrole nitrogens is 1. The topological polar surface area (TPSA) is 106 Å². The first kappa shape index (κ1) is 25.0. The number of ether oxygens (including phenoxy) is 2. The number of fused-ring (bicyclic) bond motifs is 4. The van der Waals surface area contributed by atoms with Crippen molar-refractivity contribution in [3.63, 3.8) is 0 Å². The van der Waals surface area contributed by atoms with Crippen molar-refractivity contribution in [1.29, 1.82) is 0 Å². The summed E-state index contributed by atoms with van der Waals surface area (Å²) in [6, 6.07) is 2.98. The fourth-order valence-electron chi connectivity index (χ4n) is 4.79. The van der Waals surface area contributed by atoms with Gasteiger partial charge in [-0.3, -0.25) is 14.7 Å². The van der Waals surface area contributed by atoms with E-state index in [4.69, 9.17) is 9.47 Å². The zero-order valence-electron chi connectivity index (χ0n) is 21.7. The number of aliphatic hydroxyl groups is 1. The smallest absolute Gasteiger partial charge is 0.240 e. The van der Waals surface area contributed by atoms with E-state index in [0.717, 1.165) is 23.2 Å². The SMILES string of the molecule is CCN1Cc2c(c(OC)nn2[C@@H](C)CO)/C=C/c2n[nH]c3cc(F)c(cc23)-c2cnn(C)c2O[C@H](C)C1. The number of hydrogen-bond donors (Lipinski definition) is 2. The number of aliphatic hydroxyl groups excluding tert-OH is 1. The largest absolute Gasteiger partial charge is 0.480 e. The number of aromatic amines is 1. The van der Waals surface area contributed by atoms with Crippen LogP contribution in [0.5, 0.6) is 11.8 Å². The summed E-state index contributed by atoms with van der Waals surface area (Å²) in [6.45, 7) is 7.84. The van der Waals surface area contributed by atoms with Gasteiger partial charge in [0.1, 0.15) is 11.9 Å². The van der Waals surface area contributed by atoms with Crippen molar-refractivity contribution in [3.8, 4) is 22.9 Å². The minimum absolute atomic E-state index is 0.0613. The van der Waals surface area contributed by atoms with Gasteiger partial charge in [-0.1, -0.05) is 6.92 Å². The summed E-state index contributed by atoms with van der Waals surface area (Å²) in [5.41, 5.74) is 3.92. The Hall–Kier alpha value is -3.70. The average molecular weight is 510 g/mol. The molecule has 5 rings (SSSR count). The van der Waals surface area contributed by atoms with Crippen LogP contribution in [0.2, 0.25) is 0 Å². The van der Waals surface area contributed by atoms with Crippen LogP contribution >= 0.6 is 0 Å². The molecule has 196 valence electrons. The molecule has 0 unspecified atom stereocenters. The summed E-state index contributed by atoms with van der Waals surface area (Å²) in [5, 5.41) is 27.0. The summed E-state index contributed by atoms with van der Waals surface area (Å²) >= 11 is 0. The molecule has 0 amide bonds. The zero-order chi connectivity index (χ0) is 26.3. The van der Waals surface area contributed by atoms with Crippen LogP contribution in [-0.4, -0.2) is 72.7 Å². The molecule has 1 aliphatic heterocycles. The van der Waals surface area contributed by atoms with Gasteiger partial charge in [-0.05, 0) is 38.6 Å². The van der Waals surface area contributed by atoms with Gasteiger partial charge < -0.3 is 14.6 Å². The third kappa shape index (κ3) is 4.49. The molecule has 1 aromatic carbocycles. The van der Waals surface area contributed by atoms with Crippen LogP contribution in [0.3, 0.4) is 0 Å². The van der Waals surface area contributed by atoms with Crippen LogP contribution in [-0.2, 0) is 13.6 Å². The van der Waals surface area contributed by atoms with Gasteiger partial charge in [0, 0.05) is 37.2 Å². The van der Waals surface area contributed by atoms with Gasteiger partial charge in [0.05, 0.1) is 54.0 Å². The molecule has 11 heteroatoms. The summed E-state index contributed by atoms with van der Waals surface area (Å²) in [7, 11) is 3.37. The Morgan fingerprint density at radius 3 is 2.84 bits per heavy atom. The van der Waals surface area contributed by atoms with E-state index >= 15 is 4.39 Å². The number of benzene rings is 1. The Balaban J connectivity index is 1.73. The molecule has 0 saturated carbocycles. The number of methoxy groups -OCH3 is 1. The maximum atomic E-state index is 15.3. The van der Waals surface area contributed by atoms with E-state index in [2.05, 4.69) is 32.2 Å². The van der Waals surface area contributed by atoms with Gasteiger partial charge in [0.15, 0.2) is 0 Å². The molecule has 2 N–H and O–H groups in total. The molecule has 2 bridgehead atoms. The molecule has 0 fully saturated rings. The lowest BCUT2D eigenvalue weighted by molar-refractivity contribution is 0.132. The highest BCUT2D eigenvalue weighted by molar-refractivity contribution is 5.93. The fraction of sp³-hybridized carbons (Fsp3) is 0.423. The van der Waals surface area contributed by atoms with Gasteiger partial charge in [-0.25, -0.2) is 9.07 Å². The van der Waals surface area contributed by atoms with E-state index in [0.29, 0.717) is 47.2 Å². The number of hydrogen-bond acceptors (Lipinski definition) is 7. The first-order chi connectivity index (χ1) is 17.8. The highest BCUT2D eigenvalue weighted by atomic mass is 19.1. The molecule has 4 aromatic rings. The molecule has 2 atom stereocenters. The van der Waals surface area contributed by atoms with E-state index < -0.39 is 0 Å². The van der Waals surface area contributed by atoms with Crippen LogP contribution in [0.15, 0.2) is 18.3 Å². The van der Waals surface area contributed by atoms with Gasteiger partial charge in [0.2, 0.25) is 11.8 Å². The van der Waals surface area contributed by atoms with Gasteiger partial charge in [-0.2, -0.15) is 10.2 Å². The molecular weight excluding hydrogens is 477 g/mol. The first-order valence-electron chi connectivity index (χ1n) is 12.4. The molecule has 0 radical (unpaired) electrons. The number of aryl methyl sites for hydroxylation is 1. The lowest BCUT2D eigenvalue weighted by atomic mass is 10.0. The summed E-state index contributed by atoms with van der Waals surface area (Å²) in [6.07, 6.45) is 5.20. The van der Waals surface area contributed by atoms with Crippen LogP contribution < -0.4 is 9.47 Å². The van der Waals surface area contributed by atoms with E-state index in [1.807, 2.05) is 30.7 Å². The van der Waals surface area contributed by atoms with Crippen molar-refractivity contribution < 1.29 is 19.0 Å². The Kier molecular flexibility index (Phi) is 6.74.